The normalized spacial score (nSPS) is 18.3. The third-order valence-electron chi connectivity index (χ3n) is 5.22. The van der Waals surface area contributed by atoms with E-state index >= 15 is 0 Å². The molecule has 0 aromatic heterocycles. The highest BCUT2D eigenvalue weighted by molar-refractivity contribution is 5.98. The van der Waals surface area contributed by atoms with E-state index in [0.29, 0.717) is 18.9 Å². The molecule has 0 unspecified atom stereocenters. The molecule has 0 spiro atoms. The second-order valence-electron chi connectivity index (χ2n) is 7.02. The van der Waals surface area contributed by atoms with Crippen molar-refractivity contribution in [3.05, 3.63) is 34.9 Å². The Labute approximate surface area is 138 Å². The molecule has 23 heavy (non-hydrogen) atoms. The molecule has 0 radical (unpaired) electrons. The van der Waals surface area contributed by atoms with Gasteiger partial charge in [0.25, 0.3) is 0 Å². The van der Waals surface area contributed by atoms with E-state index in [2.05, 4.69) is 11.4 Å². The van der Waals surface area contributed by atoms with E-state index in [4.69, 9.17) is 0 Å². The third kappa shape index (κ3) is 4.43. The summed E-state index contributed by atoms with van der Waals surface area (Å²) in [5, 5.41) is 3.12. The number of carbonyl (C=O) groups excluding carboxylic acids is 2. The zero-order valence-corrected chi connectivity index (χ0v) is 13.9. The van der Waals surface area contributed by atoms with Crippen molar-refractivity contribution in [3.63, 3.8) is 0 Å². The Morgan fingerprint density at radius 1 is 0.913 bits per heavy atom. The summed E-state index contributed by atoms with van der Waals surface area (Å²) >= 11 is 0. The summed E-state index contributed by atoms with van der Waals surface area (Å²) in [6.45, 7) is 0. The van der Waals surface area contributed by atoms with Gasteiger partial charge >= 0.3 is 0 Å². The summed E-state index contributed by atoms with van der Waals surface area (Å²) in [4.78, 5) is 24.4. The maximum atomic E-state index is 12.3. The summed E-state index contributed by atoms with van der Waals surface area (Å²) in [5.74, 6) is 0.127. The van der Waals surface area contributed by atoms with Crippen molar-refractivity contribution in [1.82, 2.24) is 5.32 Å². The minimum absolute atomic E-state index is 0.0337. The molecule has 3 heteroatoms. The van der Waals surface area contributed by atoms with Crippen molar-refractivity contribution in [2.75, 3.05) is 0 Å². The SMILES string of the molecule is O=C(CCC(=O)c1ccc2c(c1)CCC2)NC1CCCCCC1. The van der Waals surface area contributed by atoms with Gasteiger partial charge in [0.05, 0.1) is 0 Å². The number of hydrogen-bond acceptors (Lipinski definition) is 2. The van der Waals surface area contributed by atoms with Gasteiger partial charge in [-0.25, -0.2) is 0 Å². The molecule has 124 valence electrons. The predicted octanol–water partition coefficient (Wildman–Crippen LogP) is 3.98. The summed E-state index contributed by atoms with van der Waals surface area (Å²) < 4.78 is 0. The number of nitrogens with one attached hydrogen (secondary N) is 1. The molecule has 1 saturated carbocycles. The molecule has 0 heterocycles. The van der Waals surface area contributed by atoms with Crippen molar-refractivity contribution in [1.29, 1.82) is 0 Å². The maximum absolute atomic E-state index is 12.3. The van der Waals surface area contributed by atoms with Gasteiger partial charge in [0.2, 0.25) is 5.91 Å². The summed E-state index contributed by atoms with van der Waals surface area (Å²) in [5.41, 5.74) is 3.47. The van der Waals surface area contributed by atoms with Crippen LogP contribution in [-0.4, -0.2) is 17.7 Å². The van der Waals surface area contributed by atoms with Crippen LogP contribution in [-0.2, 0) is 17.6 Å². The van der Waals surface area contributed by atoms with Gasteiger partial charge in [-0.3, -0.25) is 9.59 Å². The number of fused-ring (bicyclic) bond motifs is 1. The van der Waals surface area contributed by atoms with Gasteiger partial charge in [-0.2, -0.15) is 0 Å². The lowest BCUT2D eigenvalue weighted by atomic mass is 10.0. The second-order valence-corrected chi connectivity index (χ2v) is 7.02. The smallest absolute Gasteiger partial charge is 0.220 e. The summed E-state index contributed by atoms with van der Waals surface area (Å²) in [6, 6.07) is 6.37. The molecule has 1 aromatic carbocycles. The van der Waals surface area contributed by atoms with Crippen LogP contribution in [0.3, 0.4) is 0 Å². The topological polar surface area (TPSA) is 46.2 Å². The van der Waals surface area contributed by atoms with Crippen LogP contribution in [0.25, 0.3) is 0 Å². The van der Waals surface area contributed by atoms with Crippen molar-refractivity contribution in [2.24, 2.45) is 0 Å². The molecule has 1 amide bonds. The molecular formula is C20H27NO2. The highest BCUT2D eigenvalue weighted by atomic mass is 16.2. The fourth-order valence-electron chi connectivity index (χ4n) is 3.84. The van der Waals surface area contributed by atoms with E-state index in [1.807, 2.05) is 12.1 Å². The fourth-order valence-corrected chi connectivity index (χ4v) is 3.84. The fraction of sp³-hybridized carbons (Fsp3) is 0.600. The van der Waals surface area contributed by atoms with E-state index in [1.54, 1.807) is 0 Å². The molecule has 0 aliphatic heterocycles. The average molecular weight is 313 g/mol. The van der Waals surface area contributed by atoms with Crippen LogP contribution in [0.15, 0.2) is 18.2 Å². The molecule has 1 N–H and O–H groups in total. The molecule has 0 atom stereocenters. The first-order valence-corrected chi connectivity index (χ1v) is 9.17. The molecular weight excluding hydrogens is 286 g/mol. The van der Waals surface area contributed by atoms with Crippen LogP contribution in [0.2, 0.25) is 0 Å². The minimum Gasteiger partial charge on any atom is -0.353 e. The van der Waals surface area contributed by atoms with Crippen molar-refractivity contribution in [2.45, 2.75) is 76.7 Å². The van der Waals surface area contributed by atoms with Gasteiger partial charge in [-0.05, 0) is 49.3 Å². The minimum atomic E-state index is 0.0337. The lowest BCUT2D eigenvalue weighted by molar-refractivity contribution is -0.121. The van der Waals surface area contributed by atoms with Crippen molar-refractivity contribution in [3.8, 4) is 0 Å². The van der Waals surface area contributed by atoms with Crippen LogP contribution < -0.4 is 5.32 Å². The Morgan fingerprint density at radius 2 is 1.65 bits per heavy atom. The lowest BCUT2D eigenvalue weighted by Crippen LogP contribution is -2.34. The largest absolute Gasteiger partial charge is 0.353 e. The van der Waals surface area contributed by atoms with Gasteiger partial charge in [0, 0.05) is 24.4 Å². The van der Waals surface area contributed by atoms with Crippen LogP contribution >= 0.6 is 0 Å². The van der Waals surface area contributed by atoms with Gasteiger partial charge in [0.15, 0.2) is 5.78 Å². The highest BCUT2D eigenvalue weighted by Crippen LogP contribution is 2.23. The van der Waals surface area contributed by atoms with E-state index in [-0.39, 0.29) is 11.7 Å². The summed E-state index contributed by atoms with van der Waals surface area (Å²) in [7, 11) is 0. The monoisotopic (exact) mass is 313 g/mol. The molecule has 3 rings (SSSR count). The zero-order valence-electron chi connectivity index (χ0n) is 13.9. The first kappa shape index (κ1) is 16.2. The molecule has 2 aliphatic carbocycles. The molecule has 3 nitrogen and oxygen atoms in total. The molecule has 0 bridgehead atoms. The van der Waals surface area contributed by atoms with E-state index in [1.165, 1.54) is 43.2 Å². The highest BCUT2D eigenvalue weighted by Gasteiger charge is 2.17. The average Bonchev–Trinajstić information content (AvgIpc) is 2.88. The van der Waals surface area contributed by atoms with Crippen molar-refractivity contribution >= 4 is 11.7 Å². The van der Waals surface area contributed by atoms with Gasteiger partial charge in [-0.1, -0.05) is 37.8 Å². The van der Waals surface area contributed by atoms with E-state index < -0.39 is 0 Å². The Morgan fingerprint density at radius 3 is 2.43 bits per heavy atom. The standard InChI is InChI=1S/C20H27NO2/c22-19(17-11-10-15-6-5-7-16(15)14-17)12-13-20(23)21-18-8-3-1-2-4-9-18/h10-11,14,18H,1-9,12-13H2,(H,21,23). The van der Waals surface area contributed by atoms with Gasteiger partial charge in [-0.15, -0.1) is 0 Å². The Kier molecular flexibility index (Phi) is 5.47. The molecule has 0 saturated heterocycles. The molecule has 1 fully saturated rings. The van der Waals surface area contributed by atoms with E-state index in [9.17, 15) is 9.59 Å². The maximum Gasteiger partial charge on any atom is 0.220 e. The predicted molar refractivity (Wildman–Crippen MR) is 91.7 cm³/mol. The molecule has 1 aromatic rings. The first-order chi connectivity index (χ1) is 11.2. The van der Waals surface area contributed by atoms with Crippen LogP contribution in [0, 0.1) is 0 Å². The second kappa shape index (κ2) is 7.76. The lowest BCUT2D eigenvalue weighted by Gasteiger charge is -2.16. The number of aryl methyl sites for hydroxylation is 2. The Hall–Kier alpha value is -1.64. The van der Waals surface area contributed by atoms with Crippen LogP contribution in [0.1, 0.15) is 79.3 Å². The Bertz CT molecular complexity index is 571. The Balaban J connectivity index is 1.47. The third-order valence-corrected chi connectivity index (χ3v) is 5.22. The quantitative estimate of drug-likeness (QED) is 0.660. The molecule has 2 aliphatic rings. The van der Waals surface area contributed by atoms with E-state index in [0.717, 1.165) is 31.2 Å². The number of rotatable bonds is 5. The van der Waals surface area contributed by atoms with Crippen LogP contribution in [0.4, 0.5) is 0 Å². The number of ketones is 1. The number of hydrogen-bond donors (Lipinski definition) is 1. The number of amides is 1. The number of benzene rings is 1. The summed E-state index contributed by atoms with van der Waals surface area (Å²) in [6.07, 6.45) is 11.2. The van der Waals surface area contributed by atoms with Crippen LogP contribution in [0.5, 0.6) is 0 Å². The number of Topliss-reactive ketones (excluding diaryl/α,β-unsaturated/α-hetero) is 1. The number of carbonyl (C=O) groups is 2. The van der Waals surface area contributed by atoms with Gasteiger partial charge in [0.1, 0.15) is 0 Å². The van der Waals surface area contributed by atoms with Crippen molar-refractivity contribution < 1.29 is 9.59 Å². The first-order valence-electron chi connectivity index (χ1n) is 9.17. The van der Waals surface area contributed by atoms with Gasteiger partial charge < -0.3 is 5.32 Å². The zero-order chi connectivity index (χ0) is 16.1.